The summed E-state index contributed by atoms with van der Waals surface area (Å²) in [5.74, 6) is 0.642. The molecule has 1 N–H and O–H groups in total. The summed E-state index contributed by atoms with van der Waals surface area (Å²) in [6.07, 6.45) is 0. The predicted molar refractivity (Wildman–Crippen MR) is 74.1 cm³/mol. The summed E-state index contributed by atoms with van der Waals surface area (Å²) in [6, 6.07) is 3.27. The lowest BCUT2D eigenvalue weighted by atomic mass is 10.2. The molecule has 5 nitrogen and oxygen atoms in total. The van der Waals surface area contributed by atoms with Crippen molar-refractivity contribution in [2.75, 3.05) is 20.2 Å². The van der Waals surface area contributed by atoms with Gasteiger partial charge in [0.05, 0.1) is 11.5 Å². The van der Waals surface area contributed by atoms with Gasteiger partial charge in [-0.25, -0.2) is 0 Å². The van der Waals surface area contributed by atoms with Gasteiger partial charge in [-0.2, -0.15) is 0 Å². The Hall–Kier alpha value is -1.14. The quantitative estimate of drug-likeness (QED) is 0.647. The van der Waals surface area contributed by atoms with E-state index >= 15 is 0 Å². The molecule has 6 heteroatoms. The lowest BCUT2D eigenvalue weighted by molar-refractivity contribution is -0.386. The molecule has 1 aromatic rings. The third-order valence-electron chi connectivity index (χ3n) is 2.48. The van der Waals surface area contributed by atoms with E-state index in [2.05, 4.69) is 21.2 Å². The van der Waals surface area contributed by atoms with Crippen LogP contribution in [-0.2, 0) is 0 Å². The zero-order chi connectivity index (χ0) is 13.7. The number of benzene rings is 1. The summed E-state index contributed by atoms with van der Waals surface area (Å²) in [7, 11) is 1.86. The summed E-state index contributed by atoms with van der Waals surface area (Å²) in [5, 5.41) is 14.0. The van der Waals surface area contributed by atoms with E-state index in [1.807, 2.05) is 20.0 Å². The molecule has 1 unspecified atom stereocenters. The molecule has 0 fully saturated rings. The Morgan fingerprint density at radius 2 is 2.22 bits per heavy atom. The second-order valence-electron chi connectivity index (χ2n) is 4.30. The van der Waals surface area contributed by atoms with Gasteiger partial charge in [-0.05, 0) is 25.6 Å². The molecule has 1 rings (SSSR count). The number of nitro benzene ring substituents is 1. The van der Waals surface area contributed by atoms with Crippen LogP contribution in [0.4, 0.5) is 5.69 Å². The number of ether oxygens (including phenoxy) is 1. The third kappa shape index (κ3) is 3.96. The molecule has 18 heavy (non-hydrogen) atoms. The summed E-state index contributed by atoms with van der Waals surface area (Å²) < 4.78 is 6.28. The van der Waals surface area contributed by atoms with Crippen molar-refractivity contribution in [1.82, 2.24) is 5.32 Å². The molecule has 0 amide bonds. The van der Waals surface area contributed by atoms with Crippen LogP contribution in [0.5, 0.6) is 5.75 Å². The smallest absolute Gasteiger partial charge is 0.312 e. The van der Waals surface area contributed by atoms with Gasteiger partial charge in [-0.3, -0.25) is 10.1 Å². The minimum atomic E-state index is -0.421. The topological polar surface area (TPSA) is 64.4 Å². The Kier molecular flexibility index (Phi) is 5.55. The first-order chi connectivity index (χ1) is 8.45. The third-order valence-corrected chi connectivity index (χ3v) is 2.94. The van der Waals surface area contributed by atoms with Crippen LogP contribution in [-0.4, -0.2) is 25.1 Å². The summed E-state index contributed by atoms with van der Waals surface area (Å²) in [4.78, 5) is 10.6. The highest BCUT2D eigenvalue weighted by atomic mass is 79.9. The molecule has 0 spiro atoms. The van der Waals surface area contributed by atoms with E-state index in [0.29, 0.717) is 16.8 Å². The van der Waals surface area contributed by atoms with Gasteiger partial charge >= 0.3 is 5.69 Å². The fourth-order valence-electron chi connectivity index (χ4n) is 1.67. The maximum absolute atomic E-state index is 11.0. The van der Waals surface area contributed by atoms with Crippen LogP contribution in [0.15, 0.2) is 16.6 Å². The molecule has 0 aliphatic carbocycles. The van der Waals surface area contributed by atoms with Crippen molar-refractivity contribution >= 4 is 21.6 Å². The molecule has 0 heterocycles. The van der Waals surface area contributed by atoms with Crippen LogP contribution in [0.25, 0.3) is 0 Å². The number of hydrogen-bond donors (Lipinski definition) is 1. The Morgan fingerprint density at radius 1 is 1.56 bits per heavy atom. The molecule has 0 saturated carbocycles. The van der Waals surface area contributed by atoms with Gasteiger partial charge in [0.2, 0.25) is 0 Å². The second-order valence-corrected chi connectivity index (χ2v) is 5.22. The Balaban J connectivity index is 2.90. The van der Waals surface area contributed by atoms with Crippen molar-refractivity contribution in [2.45, 2.75) is 13.8 Å². The van der Waals surface area contributed by atoms with Gasteiger partial charge in [0.15, 0.2) is 5.75 Å². The first-order valence-electron chi connectivity index (χ1n) is 5.67. The van der Waals surface area contributed by atoms with Gasteiger partial charge in [0, 0.05) is 23.0 Å². The Morgan fingerprint density at radius 3 is 2.78 bits per heavy atom. The molecule has 100 valence electrons. The van der Waals surface area contributed by atoms with E-state index in [0.717, 1.165) is 12.1 Å². The maximum atomic E-state index is 11.0. The molecule has 0 radical (unpaired) electrons. The summed E-state index contributed by atoms with van der Waals surface area (Å²) in [6.45, 7) is 5.08. The highest BCUT2D eigenvalue weighted by Crippen LogP contribution is 2.34. The van der Waals surface area contributed by atoms with Crippen molar-refractivity contribution in [1.29, 1.82) is 0 Å². The van der Waals surface area contributed by atoms with E-state index in [9.17, 15) is 10.1 Å². The maximum Gasteiger partial charge on any atom is 0.312 e. The zero-order valence-corrected chi connectivity index (χ0v) is 12.3. The van der Waals surface area contributed by atoms with E-state index in [4.69, 9.17) is 4.74 Å². The molecule has 0 bridgehead atoms. The molecular formula is C12H17BrN2O3. The van der Waals surface area contributed by atoms with E-state index in [1.54, 1.807) is 6.92 Å². The van der Waals surface area contributed by atoms with E-state index in [-0.39, 0.29) is 11.6 Å². The SMILES string of the molecule is CNCC(C)COc1c(C)cc(Br)cc1[N+](=O)[O-]. The normalized spacial score (nSPS) is 12.2. The highest BCUT2D eigenvalue weighted by Gasteiger charge is 2.19. The minimum Gasteiger partial charge on any atom is -0.486 e. The average molecular weight is 317 g/mol. The van der Waals surface area contributed by atoms with Crippen LogP contribution in [0.1, 0.15) is 12.5 Å². The first kappa shape index (κ1) is 14.9. The average Bonchev–Trinajstić information content (AvgIpc) is 2.27. The van der Waals surface area contributed by atoms with Gasteiger partial charge in [0.1, 0.15) is 0 Å². The molecule has 0 aliphatic heterocycles. The van der Waals surface area contributed by atoms with Crippen LogP contribution in [0.3, 0.4) is 0 Å². The van der Waals surface area contributed by atoms with Crippen molar-refractivity contribution in [3.63, 3.8) is 0 Å². The van der Waals surface area contributed by atoms with E-state index in [1.165, 1.54) is 6.07 Å². The van der Waals surface area contributed by atoms with E-state index < -0.39 is 4.92 Å². The van der Waals surface area contributed by atoms with Crippen molar-refractivity contribution in [3.05, 3.63) is 32.3 Å². The number of hydrogen-bond acceptors (Lipinski definition) is 4. The monoisotopic (exact) mass is 316 g/mol. The molecular weight excluding hydrogens is 300 g/mol. The molecule has 0 aromatic heterocycles. The van der Waals surface area contributed by atoms with Crippen LogP contribution >= 0.6 is 15.9 Å². The molecule has 0 aliphatic rings. The fourth-order valence-corrected chi connectivity index (χ4v) is 2.23. The number of aryl methyl sites for hydroxylation is 1. The summed E-state index contributed by atoms with van der Waals surface area (Å²) in [5.41, 5.74) is 0.756. The molecule has 1 atom stereocenters. The number of nitrogens with zero attached hydrogens (tertiary/aromatic N) is 1. The number of nitrogens with one attached hydrogen (secondary N) is 1. The predicted octanol–water partition coefficient (Wildman–Crippen LogP) is 2.90. The van der Waals surface area contributed by atoms with Crippen molar-refractivity contribution < 1.29 is 9.66 Å². The van der Waals surface area contributed by atoms with Crippen LogP contribution < -0.4 is 10.1 Å². The Labute approximate surface area is 115 Å². The summed E-state index contributed by atoms with van der Waals surface area (Å²) >= 11 is 3.25. The fraction of sp³-hybridized carbons (Fsp3) is 0.500. The number of halogens is 1. The van der Waals surface area contributed by atoms with Gasteiger partial charge in [-0.1, -0.05) is 22.9 Å². The standard InChI is InChI=1S/C12H17BrN2O3/c1-8(6-14-3)7-18-12-9(2)4-10(13)5-11(12)15(16)17/h4-5,8,14H,6-7H2,1-3H3. The first-order valence-corrected chi connectivity index (χ1v) is 6.47. The number of rotatable bonds is 6. The van der Waals surface area contributed by atoms with Crippen LogP contribution in [0, 0.1) is 23.0 Å². The number of nitro groups is 1. The minimum absolute atomic E-state index is 0.00136. The van der Waals surface area contributed by atoms with Gasteiger partial charge in [0.25, 0.3) is 0 Å². The highest BCUT2D eigenvalue weighted by molar-refractivity contribution is 9.10. The lowest BCUT2D eigenvalue weighted by Crippen LogP contribution is -2.22. The molecule has 1 aromatic carbocycles. The van der Waals surface area contributed by atoms with Crippen molar-refractivity contribution in [3.8, 4) is 5.75 Å². The van der Waals surface area contributed by atoms with Gasteiger partial charge in [-0.15, -0.1) is 0 Å². The zero-order valence-electron chi connectivity index (χ0n) is 10.7. The Bertz CT molecular complexity index is 438. The molecule has 0 saturated heterocycles. The second kappa shape index (κ2) is 6.70. The van der Waals surface area contributed by atoms with Crippen molar-refractivity contribution in [2.24, 2.45) is 5.92 Å². The van der Waals surface area contributed by atoms with Gasteiger partial charge < -0.3 is 10.1 Å². The van der Waals surface area contributed by atoms with Crippen LogP contribution in [0.2, 0.25) is 0 Å². The largest absolute Gasteiger partial charge is 0.486 e. The lowest BCUT2D eigenvalue weighted by Gasteiger charge is -2.14.